The molecule has 0 aromatic carbocycles. The van der Waals surface area contributed by atoms with E-state index in [4.69, 9.17) is 15.1 Å². The van der Waals surface area contributed by atoms with Gasteiger partial charge in [-0.25, -0.2) is 8.78 Å². The first-order chi connectivity index (χ1) is 7.15. The van der Waals surface area contributed by atoms with Crippen LogP contribution in [0.5, 0.6) is 5.75 Å². The summed E-state index contributed by atoms with van der Waals surface area (Å²) in [6.45, 7) is -0.674. The summed E-state index contributed by atoms with van der Waals surface area (Å²) in [5.41, 5.74) is -0.882. The number of hydrogen-bond acceptors (Lipinski definition) is 4. The second-order valence-electron chi connectivity index (χ2n) is 2.64. The highest BCUT2D eigenvalue weighted by molar-refractivity contribution is 5.49. The monoisotopic (exact) mass is 214 g/mol. The summed E-state index contributed by atoms with van der Waals surface area (Å²) in [7, 11) is 1.29. The Balaban J connectivity index is 3.43. The van der Waals surface area contributed by atoms with Crippen LogP contribution in [0.3, 0.4) is 0 Å². The second kappa shape index (κ2) is 4.66. The van der Waals surface area contributed by atoms with E-state index < -0.39 is 18.7 Å². The number of pyridine rings is 1. The summed E-state index contributed by atoms with van der Waals surface area (Å²) in [4.78, 5) is 3.44. The van der Waals surface area contributed by atoms with E-state index in [1.165, 1.54) is 7.11 Å². The van der Waals surface area contributed by atoms with Crippen LogP contribution < -0.4 is 4.74 Å². The maximum atomic E-state index is 12.4. The second-order valence-corrected chi connectivity index (χ2v) is 2.64. The quantitative estimate of drug-likeness (QED) is 0.825. The zero-order chi connectivity index (χ0) is 11.4. The highest BCUT2D eigenvalue weighted by Crippen LogP contribution is 2.28. The number of hydrogen-bond donors (Lipinski definition) is 1. The van der Waals surface area contributed by atoms with Gasteiger partial charge in [0, 0.05) is 5.56 Å². The van der Waals surface area contributed by atoms with Crippen molar-refractivity contribution in [3.8, 4) is 11.8 Å². The van der Waals surface area contributed by atoms with Crippen LogP contribution in [-0.2, 0) is 6.61 Å². The molecule has 0 spiro atoms. The van der Waals surface area contributed by atoms with Gasteiger partial charge in [-0.15, -0.1) is 0 Å². The van der Waals surface area contributed by atoms with Gasteiger partial charge >= 0.3 is 0 Å². The van der Waals surface area contributed by atoms with E-state index in [0.717, 1.165) is 6.20 Å². The lowest BCUT2D eigenvalue weighted by Crippen LogP contribution is -2.04. The van der Waals surface area contributed by atoms with Gasteiger partial charge in [0.25, 0.3) is 6.43 Å². The molecule has 0 aliphatic carbocycles. The minimum Gasteiger partial charge on any atom is -0.494 e. The molecule has 0 fully saturated rings. The molecule has 4 nitrogen and oxygen atoms in total. The highest BCUT2D eigenvalue weighted by atomic mass is 19.3. The highest BCUT2D eigenvalue weighted by Gasteiger charge is 2.20. The predicted molar refractivity (Wildman–Crippen MR) is 46.4 cm³/mol. The van der Waals surface area contributed by atoms with Crippen LogP contribution in [0.15, 0.2) is 6.20 Å². The van der Waals surface area contributed by atoms with E-state index in [2.05, 4.69) is 4.98 Å². The Morgan fingerprint density at radius 2 is 2.33 bits per heavy atom. The fraction of sp³-hybridized carbons (Fsp3) is 0.333. The number of rotatable bonds is 3. The Kier molecular flexibility index (Phi) is 3.52. The zero-order valence-electron chi connectivity index (χ0n) is 7.87. The van der Waals surface area contributed by atoms with Gasteiger partial charge in [-0.05, 0) is 0 Å². The molecule has 0 saturated heterocycles. The lowest BCUT2D eigenvalue weighted by molar-refractivity contribution is 0.141. The van der Waals surface area contributed by atoms with Crippen molar-refractivity contribution < 1.29 is 18.6 Å². The van der Waals surface area contributed by atoms with Crippen molar-refractivity contribution in [2.45, 2.75) is 13.0 Å². The molecule has 0 saturated carbocycles. The molecular formula is C9H8F2N2O2. The number of nitriles is 1. The number of aliphatic hydroxyl groups excluding tert-OH is 1. The van der Waals surface area contributed by atoms with Crippen molar-refractivity contribution in [3.05, 3.63) is 23.0 Å². The van der Waals surface area contributed by atoms with Gasteiger partial charge < -0.3 is 9.84 Å². The number of alkyl halides is 2. The van der Waals surface area contributed by atoms with Gasteiger partial charge in [0.2, 0.25) is 0 Å². The summed E-state index contributed by atoms with van der Waals surface area (Å²) < 4.78 is 29.7. The fourth-order valence-corrected chi connectivity index (χ4v) is 1.17. The van der Waals surface area contributed by atoms with Crippen LogP contribution >= 0.6 is 0 Å². The summed E-state index contributed by atoms with van der Waals surface area (Å²) >= 11 is 0. The van der Waals surface area contributed by atoms with Gasteiger partial charge in [0.1, 0.15) is 17.3 Å². The van der Waals surface area contributed by atoms with E-state index in [1.807, 2.05) is 0 Å². The third-order valence-corrected chi connectivity index (χ3v) is 1.87. The SMILES string of the molecule is COc1cnc(C(F)F)c(CO)c1C#N. The molecule has 0 aliphatic rings. The van der Waals surface area contributed by atoms with E-state index in [0.29, 0.717) is 0 Å². The average Bonchev–Trinajstić information content (AvgIpc) is 2.26. The van der Waals surface area contributed by atoms with Gasteiger partial charge in [-0.3, -0.25) is 4.98 Å². The first-order valence-corrected chi connectivity index (χ1v) is 4.00. The topological polar surface area (TPSA) is 66.1 Å². The molecule has 0 bridgehead atoms. The Morgan fingerprint density at radius 3 is 2.73 bits per heavy atom. The first kappa shape index (κ1) is 11.3. The van der Waals surface area contributed by atoms with Crippen LogP contribution in [0.1, 0.15) is 23.2 Å². The molecule has 0 atom stereocenters. The molecule has 0 radical (unpaired) electrons. The molecule has 0 unspecified atom stereocenters. The molecule has 1 aromatic rings. The Hall–Kier alpha value is -1.74. The zero-order valence-corrected chi connectivity index (χ0v) is 7.87. The van der Waals surface area contributed by atoms with Crippen LogP contribution in [0.25, 0.3) is 0 Å². The van der Waals surface area contributed by atoms with Gasteiger partial charge in [0.15, 0.2) is 5.75 Å². The molecule has 15 heavy (non-hydrogen) atoms. The maximum absolute atomic E-state index is 12.4. The molecular weight excluding hydrogens is 206 g/mol. The van der Waals surface area contributed by atoms with Crippen molar-refractivity contribution in [3.63, 3.8) is 0 Å². The van der Waals surface area contributed by atoms with Crippen molar-refractivity contribution in [1.29, 1.82) is 5.26 Å². The fourth-order valence-electron chi connectivity index (χ4n) is 1.17. The van der Waals surface area contributed by atoms with E-state index in [1.54, 1.807) is 6.07 Å². The largest absolute Gasteiger partial charge is 0.494 e. The van der Waals surface area contributed by atoms with Crippen molar-refractivity contribution >= 4 is 0 Å². The van der Waals surface area contributed by atoms with Crippen molar-refractivity contribution in [2.75, 3.05) is 7.11 Å². The lowest BCUT2D eigenvalue weighted by Gasteiger charge is -2.10. The normalized spacial score (nSPS) is 10.1. The molecule has 0 aliphatic heterocycles. The number of methoxy groups -OCH3 is 1. The summed E-state index contributed by atoms with van der Waals surface area (Å²) in [5, 5.41) is 17.7. The number of nitrogens with zero attached hydrogens (tertiary/aromatic N) is 2. The first-order valence-electron chi connectivity index (χ1n) is 4.00. The smallest absolute Gasteiger partial charge is 0.280 e. The minimum atomic E-state index is -2.83. The van der Waals surface area contributed by atoms with Gasteiger partial charge in [-0.2, -0.15) is 5.26 Å². The number of halogens is 2. The summed E-state index contributed by atoms with van der Waals surface area (Å²) in [6.07, 6.45) is -1.79. The molecule has 80 valence electrons. The van der Waals surface area contributed by atoms with Crippen LogP contribution in [0.2, 0.25) is 0 Å². The Bertz CT molecular complexity index is 402. The predicted octanol–water partition coefficient (Wildman–Crippen LogP) is 1.39. The minimum absolute atomic E-state index is 0.0750. The summed E-state index contributed by atoms with van der Waals surface area (Å²) in [5.74, 6) is 0.0750. The van der Waals surface area contributed by atoms with Gasteiger partial charge in [0.05, 0.1) is 19.9 Å². The van der Waals surface area contributed by atoms with Gasteiger partial charge in [-0.1, -0.05) is 0 Å². The Labute approximate surface area is 84.7 Å². The molecule has 1 N–H and O–H groups in total. The van der Waals surface area contributed by atoms with Crippen LogP contribution in [-0.4, -0.2) is 17.2 Å². The Morgan fingerprint density at radius 1 is 1.67 bits per heavy atom. The lowest BCUT2D eigenvalue weighted by atomic mass is 10.1. The maximum Gasteiger partial charge on any atom is 0.280 e. The molecule has 1 heterocycles. The van der Waals surface area contributed by atoms with Crippen molar-refractivity contribution in [2.24, 2.45) is 0 Å². The number of aliphatic hydroxyl groups is 1. The molecule has 6 heteroatoms. The molecule has 0 amide bonds. The number of aromatic nitrogens is 1. The standard InChI is InChI=1S/C9H8F2N2O2/c1-15-7-3-13-8(9(10)11)6(4-14)5(7)2-12/h3,9,14H,4H2,1H3. The molecule has 1 rings (SSSR count). The van der Waals surface area contributed by atoms with E-state index in [-0.39, 0.29) is 16.9 Å². The van der Waals surface area contributed by atoms with Crippen LogP contribution in [0, 0.1) is 11.3 Å². The molecule has 1 aromatic heterocycles. The van der Waals surface area contributed by atoms with Crippen molar-refractivity contribution in [1.82, 2.24) is 4.98 Å². The third kappa shape index (κ3) is 2.02. The van der Waals surface area contributed by atoms with E-state index in [9.17, 15) is 8.78 Å². The average molecular weight is 214 g/mol. The number of ether oxygens (including phenoxy) is 1. The summed E-state index contributed by atoms with van der Waals surface area (Å²) in [6, 6.07) is 1.70. The third-order valence-electron chi connectivity index (χ3n) is 1.87. The van der Waals surface area contributed by atoms with E-state index >= 15 is 0 Å². The van der Waals surface area contributed by atoms with Crippen LogP contribution in [0.4, 0.5) is 8.78 Å².